The summed E-state index contributed by atoms with van der Waals surface area (Å²) in [7, 11) is 0. The van der Waals surface area contributed by atoms with Crippen LogP contribution in [-0.4, -0.2) is 39.9 Å². The van der Waals surface area contributed by atoms with Gasteiger partial charge < -0.3 is 10.2 Å². The van der Waals surface area contributed by atoms with Crippen LogP contribution in [0.25, 0.3) is 0 Å². The summed E-state index contributed by atoms with van der Waals surface area (Å²) < 4.78 is 0. The minimum absolute atomic E-state index is 0.0144. The van der Waals surface area contributed by atoms with E-state index in [9.17, 15) is 9.70 Å². The fourth-order valence-electron chi connectivity index (χ4n) is 1.12. The van der Waals surface area contributed by atoms with E-state index in [1.165, 1.54) is 0 Å². The Bertz CT molecular complexity index is 183. The number of nitrogens with zero attached hydrogens (tertiary/aromatic N) is 2. The Hall–Kier alpha value is -1.17. The van der Waals surface area contributed by atoms with Gasteiger partial charge in [-0.3, -0.25) is 0 Å². The van der Waals surface area contributed by atoms with Gasteiger partial charge in [0.15, 0.2) is 0 Å². The highest BCUT2D eigenvalue weighted by molar-refractivity contribution is 5.73. The fraction of sp³-hybridized carbons (Fsp3) is 0.800. The maximum Gasteiger partial charge on any atom is 0.328 e. The molecule has 1 aliphatic heterocycles. The van der Waals surface area contributed by atoms with Crippen LogP contribution in [0.3, 0.4) is 0 Å². The van der Waals surface area contributed by atoms with Gasteiger partial charge in [0, 0.05) is 6.42 Å². The third-order valence-electron chi connectivity index (χ3n) is 1.64. The fourth-order valence-corrected chi connectivity index (χ4v) is 1.12. The van der Waals surface area contributed by atoms with Crippen molar-refractivity contribution in [2.45, 2.75) is 18.6 Å². The number of carboxylic acid groups (broad SMARTS) is 1. The predicted octanol–water partition coefficient (Wildman–Crippen LogP) is -0.812. The first-order valence-electron chi connectivity index (χ1n) is 3.16. The number of carboxylic acids is 1. The standard InChI is InChI=1S/C5H8N2O4/c8-3-1-4(5(9)10)7(2-3)6-11/h3-4,8H,1-2H2,(H,9,10)/t3-,4-/m1/s1. The molecule has 0 aromatic heterocycles. The van der Waals surface area contributed by atoms with Gasteiger partial charge in [-0.1, -0.05) is 0 Å². The molecule has 0 saturated carbocycles. The van der Waals surface area contributed by atoms with E-state index < -0.39 is 18.1 Å². The Labute approximate surface area is 62.4 Å². The molecule has 0 bridgehead atoms. The summed E-state index contributed by atoms with van der Waals surface area (Å²) in [6, 6.07) is -0.956. The van der Waals surface area contributed by atoms with Crippen molar-refractivity contribution < 1.29 is 15.0 Å². The number of rotatable bonds is 2. The van der Waals surface area contributed by atoms with Crippen molar-refractivity contribution in [1.82, 2.24) is 5.01 Å². The van der Waals surface area contributed by atoms with Crippen molar-refractivity contribution in [3.05, 3.63) is 4.91 Å². The van der Waals surface area contributed by atoms with Crippen LogP contribution in [0.1, 0.15) is 6.42 Å². The summed E-state index contributed by atoms with van der Waals surface area (Å²) in [6.07, 6.45) is -0.685. The molecule has 1 rings (SSSR count). The number of hydrogen-bond donors (Lipinski definition) is 2. The molecular weight excluding hydrogens is 152 g/mol. The Morgan fingerprint density at radius 1 is 1.64 bits per heavy atom. The molecule has 0 amide bonds. The first-order valence-corrected chi connectivity index (χ1v) is 3.16. The maximum atomic E-state index is 10.4. The first kappa shape index (κ1) is 7.93. The lowest BCUT2D eigenvalue weighted by Crippen LogP contribution is -2.31. The van der Waals surface area contributed by atoms with E-state index in [0.717, 1.165) is 5.01 Å². The van der Waals surface area contributed by atoms with Crippen LogP contribution in [0.4, 0.5) is 0 Å². The van der Waals surface area contributed by atoms with E-state index in [0.29, 0.717) is 0 Å². The zero-order valence-corrected chi connectivity index (χ0v) is 5.67. The minimum atomic E-state index is -1.12. The number of aliphatic hydroxyl groups is 1. The molecule has 62 valence electrons. The van der Waals surface area contributed by atoms with Crippen LogP contribution >= 0.6 is 0 Å². The van der Waals surface area contributed by atoms with Crippen molar-refractivity contribution in [3.8, 4) is 0 Å². The number of aliphatic carboxylic acids is 1. The van der Waals surface area contributed by atoms with E-state index in [2.05, 4.69) is 5.29 Å². The Morgan fingerprint density at radius 2 is 2.27 bits per heavy atom. The quantitative estimate of drug-likeness (QED) is 0.515. The van der Waals surface area contributed by atoms with Gasteiger partial charge in [-0.05, 0) is 0 Å². The second-order valence-electron chi connectivity index (χ2n) is 2.45. The van der Waals surface area contributed by atoms with Gasteiger partial charge >= 0.3 is 5.97 Å². The third kappa shape index (κ3) is 1.45. The summed E-state index contributed by atoms with van der Waals surface area (Å²) in [6.45, 7) is 0.0144. The van der Waals surface area contributed by atoms with Crippen LogP contribution in [-0.2, 0) is 4.79 Å². The van der Waals surface area contributed by atoms with Gasteiger partial charge in [-0.15, -0.1) is 4.91 Å². The van der Waals surface area contributed by atoms with Crippen molar-refractivity contribution in [3.63, 3.8) is 0 Å². The molecule has 0 aromatic rings. The lowest BCUT2D eigenvalue weighted by Gasteiger charge is -2.11. The first-order chi connectivity index (χ1) is 5.15. The van der Waals surface area contributed by atoms with E-state index in [1.54, 1.807) is 0 Å². The normalized spacial score (nSPS) is 30.5. The van der Waals surface area contributed by atoms with E-state index in [-0.39, 0.29) is 13.0 Å². The highest BCUT2D eigenvalue weighted by Gasteiger charge is 2.36. The second-order valence-corrected chi connectivity index (χ2v) is 2.45. The number of hydrogen-bond acceptors (Lipinski definition) is 4. The summed E-state index contributed by atoms with van der Waals surface area (Å²) in [5.74, 6) is -1.12. The van der Waals surface area contributed by atoms with Gasteiger partial charge in [0.1, 0.15) is 6.04 Å². The molecule has 0 aromatic carbocycles. The highest BCUT2D eigenvalue weighted by Crippen LogP contribution is 2.17. The molecule has 0 radical (unpaired) electrons. The molecule has 6 nitrogen and oxygen atoms in total. The lowest BCUT2D eigenvalue weighted by atomic mass is 10.2. The van der Waals surface area contributed by atoms with Gasteiger partial charge in [0.25, 0.3) is 0 Å². The van der Waals surface area contributed by atoms with Crippen molar-refractivity contribution in [2.24, 2.45) is 5.29 Å². The number of nitroso groups, excluding NO2 is 1. The van der Waals surface area contributed by atoms with Crippen molar-refractivity contribution in [2.75, 3.05) is 6.54 Å². The number of aliphatic hydroxyl groups excluding tert-OH is 1. The lowest BCUT2D eigenvalue weighted by molar-refractivity contribution is -0.142. The van der Waals surface area contributed by atoms with Gasteiger partial charge in [0.05, 0.1) is 17.9 Å². The zero-order chi connectivity index (χ0) is 8.43. The number of carbonyl (C=O) groups is 1. The molecule has 1 heterocycles. The third-order valence-corrected chi connectivity index (χ3v) is 1.64. The van der Waals surface area contributed by atoms with Gasteiger partial charge in [0.2, 0.25) is 0 Å². The Morgan fingerprint density at radius 3 is 2.64 bits per heavy atom. The molecular formula is C5H8N2O4. The molecule has 1 aliphatic rings. The molecule has 2 atom stereocenters. The molecule has 1 saturated heterocycles. The van der Waals surface area contributed by atoms with Crippen LogP contribution < -0.4 is 0 Å². The summed E-state index contributed by atoms with van der Waals surface area (Å²) in [4.78, 5) is 20.3. The van der Waals surface area contributed by atoms with Gasteiger partial charge in [-0.2, -0.15) is 0 Å². The average Bonchev–Trinajstić information content (AvgIpc) is 2.30. The maximum absolute atomic E-state index is 10.4. The van der Waals surface area contributed by atoms with E-state index >= 15 is 0 Å². The molecule has 0 aliphatic carbocycles. The van der Waals surface area contributed by atoms with Crippen molar-refractivity contribution in [1.29, 1.82) is 0 Å². The molecule has 0 unspecified atom stereocenters. The van der Waals surface area contributed by atoms with Crippen molar-refractivity contribution >= 4 is 5.97 Å². The minimum Gasteiger partial charge on any atom is -0.480 e. The van der Waals surface area contributed by atoms with E-state index in [1.807, 2.05) is 0 Å². The topological polar surface area (TPSA) is 90.2 Å². The molecule has 6 heteroatoms. The second kappa shape index (κ2) is 2.83. The summed E-state index contributed by atoms with van der Waals surface area (Å²) >= 11 is 0. The number of β-amino-alcohol motifs (C(OH)–C–C–N with tert-alkyl or cyclic N) is 1. The van der Waals surface area contributed by atoms with E-state index in [4.69, 9.17) is 10.2 Å². The molecule has 11 heavy (non-hydrogen) atoms. The van der Waals surface area contributed by atoms with Gasteiger partial charge in [-0.25, -0.2) is 9.80 Å². The summed E-state index contributed by atoms with van der Waals surface area (Å²) in [5, 5.41) is 20.8. The van der Waals surface area contributed by atoms with Crippen LogP contribution in [0, 0.1) is 4.91 Å². The van der Waals surface area contributed by atoms with Crippen LogP contribution in [0.2, 0.25) is 0 Å². The molecule has 0 spiro atoms. The highest BCUT2D eigenvalue weighted by atomic mass is 16.4. The SMILES string of the molecule is O=NN1C[C@H](O)C[C@@H]1C(=O)O. The monoisotopic (exact) mass is 160 g/mol. The molecule has 1 fully saturated rings. The Balaban J connectivity index is 2.64. The average molecular weight is 160 g/mol. The summed E-state index contributed by atoms with van der Waals surface area (Å²) in [5.41, 5.74) is 0. The predicted molar refractivity (Wildman–Crippen MR) is 34.5 cm³/mol. The Kier molecular flexibility index (Phi) is 2.04. The molecule has 2 N–H and O–H groups in total. The van der Waals surface area contributed by atoms with Crippen LogP contribution in [0.5, 0.6) is 0 Å². The smallest absolute Gasteiger partial charge is 0.328 e. The van der Waals surface area contributed by atoms with Crippen LogP contribution in [0.15, 0.2) is 5.29 Å². The largest absolute Gasteiger partial charge is 0.480 e. The zero-order valence-electron chi connectivity index (χ0n) is 5.67.